The number of hydrogen-bond donors (Lipinski definition) is 2. The molecule has 0 unspecified atom stereocenters. The molecule has 2 N–H and O–H groups in total. The van der Waals surface area contributed by atoms with Gasteiger partial charge >= 0.3 is 6.03 Å². The molecule has 0 saturated carbocycles. The Morgan fingerprint density at radius 2 is 2.06 bits per heavy atom. The predicted octanol–water partition coefficient (Wildman–Crippen LogP) is 4.16. The largest absolute Gasteiger partial charge is 0.476 e. The van der Waals surface area contributed by atoms with E-state index in [1.807, 2.05) is 39.2 Å². The number of nitrogens with zero attached hydrogens (tertiary/aromatic N) is 3. The highest BCUT2D eigenvalue weighted by atomic mass is 16.7. The lowest BCUT2D eigenvalue weighted by Crippen LogP contribution is -2.33. The Hall–Kier alpha value is -3.23. The highest BCUT2D eigenvalue weighted by molar-refractivity contribution is 5.94. The second kappa shape index (κ2) is 11.4. The first kappa shape index (κ1) is 23.4. The third-order valence-electron chi connectivity index (χ3n) is 5.27. The van der Waals surface area contributed by atoms with Crippen molar-refractivity contribution >= 4 is 17.5 Å². The van der Waals surface area contributed by atoms with E-state index in [-0.39, 0.29) is 18.7 Å². The molecule has 2 heterocycles. The molecule has 3 rings (SSSR count). The van der Waals surface area contributed by atoms with Crippen molar-refractivity contribution in [1.82, 2.24) is 15.3 Å². The number of anilines is 2. The van der Waals surface area contributed by atoms with Gasteiger partial charge in [-0.05, 0) is 19.4 Å². The van der Waals surface area contributed by atoms with Crippen molar-refractivity contribution in [3.8, 4) is 17.4 Å². The van der Waals surface area contributed by atoms with Crippen LogP contribution in [0.25, 0.3) is 0 Å². The van der Waals surface area contributed by atoms with Crippen LogP contribution in [0, 0.1) is 0 Å². The van der Waals surface area contributed by atoms with Crippen LogP contribution in [0.15, 0.2) is 24.5 Å². The summed E-state index contributed by atoms with van der Waals surface area (Å²) >= 11 is 0. The van der Waals surface area contributed by atoms with Crippen LogP contribution < -0.4 is 29.7 Å². The molecule has 9 heteroatoms. The van der Waals surface area contributed by atoms with Crippen LogP contribution in [-0.4, -0.2) is 50.0 Å². The second-order valence-electron chi connectivity index (χ2n) is 7.81. The predicted molar refractivity (Wildman–Crippen MR) is 124 cm³/mol. The molecule has 2 aromatic rings. The van der Waals surface area contributed by atoms with Crippen molar-refractivity contribution in [2.45, 2.75) is 45.4 Å². The first-order valence-corrected chi connectivity index (χ1v) is 11.1. The lowest BCUT2D eigenvalue weighted by molar-refractivity contribution is 0.173. The number of urea groups is 1. The molecule has 32 heavy (non-hydrogen) atoms. The molecule has 1 atom stereocenters. The van der Waals surface area contributed by atoms with Crippen LogP contribution in [0.2, 0.25) is 0 Å². The number of benzene rings is 1. The Kier molecular flexibility index (Phi) is 8.35. The van der Waals surface area contributed by atoms with Crippen molar-refractivity contribution in [2.75, 3.05) is 44.3 Å². The zero-order chi connectivity index (χ0) is 22.9. The number of carbonyl (C=O) groups excluding carboxylic acids is 1. The first-order chi connectivity index (χ1) is 15.5. The summed E-state index contributed by atoms with van der Waals surface area (Å²) in [6, 6.07) is 5.58. The summed E-state index contributed by atoms with van der Waals surface area (Å²) in [6.07, 6.45) is 5.70. The number of nitrogens with one attached hydrogen (secondary N) is 2. The Morgan fingerprint density at radius 3 is 2.81 bits per heavy atom. The Balaban J connectivity index is 1.73. The SMILES string of the molecule is CCCCC[C@@H](CNC(=O)Nc1c(OCC)ncnc1N(C)C)c1cccc2c1OCO2. The van der Waals surface area contributed by atoms with E-state index in [2.05, 4.69) is 27.5 Å². The molecule has 1 aromatic heterocycles. The fourth-order valence-electron chi connectivity index (χ4n) is 3.71. The molecule has 0 fully saturated rings. The van der Waals surface area contributed by atoms with Crippen LogP contribution in [0.3, 0.4) is 0 Å². The Morgan fingerprint density at radius 1 is 1.22 bits per heavy atom. The number of amides is 2. The van der Waals surface area contributed by atoms with Crippen LogP contribution in [0.5, 0.6) is 17.4 Å². The van der Waals surface area contributed by atoms with Crippen LogP contribution >= 0.6 is 0 Å². The molecule has 1 aliphatic heterocycles. The second-order valence-corrected chi connectivity index (χ2v) is 7.81. The number of rotatable bonds is 11. The monoisotopic (exact) mass is 443 g/mol. The van der Waals surface area contributed by atoms with Crippen molar-refractivity contribution in [2.24, 2.45) is 0 Å². The van der Waals surface area contributed by atoms with Gasteiger partial charge in [-0.15, -0.1) is 0 Å². The topological polar surface area (TPSA) is 97.8 Å². The van der Waals surface area contributed by atoms with E-state index in [0.717, 1.165) is 42.7 Å². The fourth-order valence-corrected chi connectivity index (χ4v) is 3.71. The van der Waals surface area contributed by atoms with Crippen molar-refractivity contribution < 1.29 is 19.0 Å². The van der Waals surface area contributed by atoms with Gasteiger partial charge in [0.25, 0.3) is 0 Å². The van der Waals surface area contributed by atoms with Gasteiger partial charge in [-0.1, -0.05) is 38.3 Å². The van der Waals surface area contributed by atoms with Crippen LogP contribution in [0.1, 0.15) is 51.0 Å². The summed E-state index contributed by atoms with van der Waals surface area (Å²) in [5.41, 5.74) is 1.50. The van der Waals surface area contributed by atoms with Gasteiger partial charge in [0, 0.05) is 32.1 Å². The number of para-hydroxylation sites is 1. The summed E-state index contributed by atoms with van der Waals surface area (Å²) in [5.74, 6) is 2.56. The van der Waals surface area contributed by atoms with Crippen LogP contribution in [-0.2, 0) is 0 Å². The smallest absolute Gasteiger partial charge is 0.319 e. The lowest BCUT2D eigenvalue weighted by Gasteiger charge is -2.21. The number of hydrogen-bond acceptors (Lipinski definition) is 7. The molecule has 0 spiro atoms. The van der Waals surface area contributed by atoms with E-state index in [1.165, 1.54) is 6.33 Å². The van der Waals surface area contributed by atoms with Crippen molar-refractivity contribution in [3.63, 3.8) is 0 Å². The van der Waals surface area contributed by atoms with Gasteiger partial charge in [0.1, 0.15) is 12.0 Å². The van der Waals surface area contributed by atoms with E-state index in [1.54, 1.807) is 4.90 Å². The van der Waals surface area contributed by atoms with Crippen molar-refractivity contribution in [1.29, 1.82) is 0 Å². The number of fused-ring (bicyclic) bond motifs is 1. The molecule has 9 nitrogen and oxygen atoms in total. The maximum Gasteiger partial charge on any atom is 0.319 e. The van der Waals surface area contributed by atoms with Gasteiger partial charge in [-0.3, -0.25) is 0 Å². The molecule has 0 aliphatic carbocycles. The highest BCUT2D eigenvalue weighted by Crippen LogP contribution is 2.40. The van der Waals surface area contributed by atoms with Crippen molar-refractivity contribution in [3.05, 3.63) is 30.1 Å². The maximum atomic E-state index is 12.8. The average molecular weight is 444 g/mol. The van der Waals surface area contributed by atoms with E-state index in [4.69, 9.17) is 14.2 Å². The molecule has 174 valence electrons. The fraction of sp³-hybridized carbons (Fsp3) is 0.522. The van der Waals surface area contributed by atoms with Gasteiger partial charge in [-0.25, -0.2) is 9.78 Å². The van der Waals surface area contributed by atoms with E-state index in [9.17, 15) is 4.79 Å². The number of ether oxygens (including phenoxy) is 3. The zero-order valence-electron chi connectivity index (χ0n) is 19.3. The summed E-state index contributed by atoms with van der Waals surface area (Å²) in [6.45, 7) is 5.17. The summed E-state index contributed by atoms with van der Waals surface area (Å²) in [4.78, 5) is 23.1. The van der Waals surface area contributed by atoms with E-state index in [0.29, 0.717) is 30.5 Å². The Labute approximate surface area is 189 Å². The van der Waals surface area contributed by atoms with E-state index < -0.39 is 0 Å². The van der Waals surface area contributed by atoms with Gasteiger partial charge in [0.05, 0.1) is 6.61 Å². The molecule has 1 aromatic carbocycles. The van der Waals surface area contributed by atoms with Crippen LogP contribution in [0.4, 0.5) is 16.3 Å². The molecule has 0 saturated heterocycles. The summed E-state index contributed by atoms with van der Waals surface area (Å²) < 4.78 is 16.8. The molecule has 0 bridgehead atoms. The number of aromatic nitrogens is 2. The Bertz CT molecular complexity index is 906. The highest BCUT2D eigenvalue weighted by Gasteiger charge is 2.24. The molecular formula is C23H33N5O4. The minimum absolute atomic E-state index is 0.107. The summed E-state index contributed by atoms with van der Waals surface area (Å²) in [7, 11) is 3.70. The molecule has 2 amide bonds. The number of carbonyl (C=O) groups is 1. The zero-order valence-corrected chi connectivity index (χ0v) is 19.3. The average Bonchev–Trinajstić information content (AvgIpc) is 3.26. The standard InChI is InChI=1S/C23H33N5O4/c1-5-7-8-10-16(17-11-9-12-18-20(17)32-15-31-18)13-24-23(29)27-19-21(28(3)4)25-14-26-22(19)30-6-2/h9,11-12,14,16H,5-8,10,13,15H2,1-4H3,(H2,24,27,29)/t16-/m0/s1. The first-order valence-electron chi connectivity index (χ1n) is 11.1. The van der Waals surface area contributed by atoms with E-state index >= 15 is 0 Å². The third-order valence-corrected chi connectivity index (χ3v) is 5.27. The minimum atomic E-state index is -0.339. The minimum Gasteiger partial charge on any atom is -0.476 e. The lowest BCUT2D eigenvalue weighted by atomic mass is 9.92. The quantitative estimate of drug-likeness (QED) is 0.503. The third kappa shape index (κ3) is 5.72. The van der Waals surface area contributed by atoms with Gasteiger partial charge in [0.15, 0.2) is 17.3 Å². The summed E-state index contributed by atoms with van der Waals surface area (Å²) in [5, 5.41) is 5.88. The number of unbranched alkanes of at least 4 members (excludes halogenated alkanes) is 2. The normalized spacial score (nSPS) is 12.9. The molecule has 1 aliphatic rings. The maximum absolute atomic E-state index is 12.8. The molecule has 0 radical (unpaired) electrons. The van der Waals surface area contributed by atoms with Gasteiger partial charge < -0.3 is 29.7 Å². The van der Waals surface area contributed by atoms with Gasteiger partial charge in [0.2, 0.25) is 12.7 Å². The molecular weight excluding hydrogens is 410 g/mol. The van der Waals surface area contributed by atoms with Gasteiger partial charge in [-0.2, -0.15) is 4.98 Å².